The van der Waals surface area contributed by atoms with Gasteiger partial charge in [-0.25, -0.2) is 0 Å². The molecule has 2 saturated carbocycles. The number of fused-ring (bicyclic) bond motifs is 2. The van der Waals surface area contributed by atoms with Crippen LogP contribution in [0.15, 0.2) is 0 Å². The summed E-state index contributed by atoms with van der Waals surface area (Å²) in [6.45, 7) is 11.0. The third-order valence-corrected chi connectivity index (χ3v) is 6.31. The van der Waals surface area contributed by atoms with Crippen LogP contribution in [-0.2, 0) is 0 Å². The van der Waals surface area contributed by atoms with Crippen molar-refractivity contribution in [3.8, 4) is 0 Å². The van der Waals surface area contributed by atoms with Gasteiger partial charge in [-0.15, -0.1) is 0 Å². The first-order valence-corrected chi connectivity index (χ1v) is 8.64. The van der Waals surface area contributed by atoms with Gasteiger partial charge in [0.25, 0.3) is 0 Å². The van der Waals surface area contributed by atoms with Gasteiger partial charge in [0.05, 0.1) is 0 Å². The normalized spacial score (nSPS) is 44.7. The number of hydrogen-bond donors (Lipinski definition) is 1. The lowest BCUT2D eigenvalue weighted by molar-refractivity contribution is 0.0680. The first kappa shape index (κ1) is 13.9. The Balaban J connectivity index is 1.62. The molecule has 1 N–H and O–H groups in total. The molecule has 1 saturated heterocycles. The molecule has 2 nitrogen and oxygen atoms in total. The Labute approximate surface area is 119 Å². The standard InChI is InChI=1S/C17H32N2/c1-4-12(2)17-9-18-13(3)10-19(17)11-16-8-14-5-6-15(16)7-14/h12-18H,4-11H2,1-3H3. The Hall–Kier alpha value is -0.0800. The van der Waals surface area contributed by atoms with Crippen LogP contribution in [0, 0.1) is 23.7 Å². The van der Waals surface area contributed by atoms with Crippen molar-refractivity contribution in [2.75, 3.05) is 19.6 Å². The molecule has 3 rings (SSSR count). The fourth-order valence-electron chi connectivity index (χ4n) is 4.95. The lowest BCUT2D eigenvalue weighted by atomic mass is 9.86. The maximum Gasteiger partial charge on any atom is 0.0246 e. The Morgan fingerprint density at radius 1 is 1.26 bits per heavy atom. The molecule has 3 aliphatic rings. The average molecular weight is 264 g/mol. The molecule has 0 aromatic carbocycles. The second-order valence-electron chi connectivity index (χ2n) is 7.65. The molecule has 6 unspecified atom stereocenters. The number of nitrogens with zero attached hydrogens (tertiary/aromatic N) is 1. The van der Waals surface area contributed by atoms with Crippen molar-refractivity contribution in [1.82, 2.24) is 10.2 Å². The predicted molar refractivity (Wildman–Crippen MR) is 81.2 cm³/mol. The highest BCUT2D eigenvalue weighted by Gasteiger charge is 2.41. The first-order valence-electron chi connectivity index (χ1n) is 8.64. The summed E-state index contributed by atoms with van der Waals surface area (Å²) in [5.74, 6) is 4.03. The molecule has 2 heteroatoms. The second kappa shape index (κ2) is 5.73. The Kier molecular flexibility index (Phi) is 4.19. The smallest absolute Gasteiger partial charge is 0.0246 e. The van der Waals surface area contributed by atoms with Crippen molar-refractivity contribution in [2.45, 2.75) is 65.0 Å². The Morgan fingerprint density at radius 3 is 2.74 bits per heavy atom. The summed E-state index contributed by atoms with van der Waals surface area (Å²) < 4.78 is 0. The van der Waals surface area contributed by atoms with E-state index >= 15 is 0 Å². The van der Waals surface area contributed by atoms with Crippen molar-refractivity contribution in [3.05, 3.63) is 0 Å². The van der Waals surface area contributed by atoms with Gasteiger partial charge in [-0.2, -0.15) is 0 Å². The SMILES string of the molecule is CCC(C)C1CNC(C)CN1CC1CC2CCC1C2. The summed E-state index contributed by atoms with van der Waals surface area (Å²) in [7, 11) is 0. The third kappa shape index (κ3) is 2.85. The van der Waals surface area contributed by atoms with Gasteiger partial charge in [-0.1, -0.05) is 26.7 Å². The van der Waals surface area contributed by atoms with Crippen LogP contribution < -0.4 is 5.32 Å². The zero-order chi connectivity index (χ0) is 13.4. The molecule has 0 spiro atoms. The van der Waals surface area contributed by atoms with Crippen molar-refractivity contribution in [1.29, 1.82) is 0 Å². The average Bonchev–Trinajstić information content (AvgIpc) is 3.00. The molecular weight excluding hydrogens is 232 g/mol. The molecule has 6 atom stereocenters. The molecular formula is C17H32N2. The van der Waals surface area contributed by atoms with Gasteiger partial charge in [0, 0.05) is 31.7 Å². The molecule has 0 radical (unpaired) electrons. The fourth-order valence-corrected chi connectivity index (χ4v) is 4.95. The van der Waals surface area contributed by atoms with E-state index in [2.05, 4.69) is 31.0 Å². The van der Waals surface area contributed by atoms with E-state index in [-0.39, 0.29) is 0 Å². The highest BCUT2D eigenvalue weighted by atomic mass is 15.2. The largest absolute Gasteiger partial charge is 0.311 e. The molecule has 110 valence electrons. The summed E-state index contributed by atoms with van der Waals surface area (Å²) in [5.41, 5.74) is 0. The molecule has 1 heterocycles. The van der Waals surface area contributed by atoms with Crippen LogP contribution in [-0.4, -0.2) is 36.6 Å². The number of rotatable bonds is 4. The summed E-state index contributed by atoms with van der Waals surface area (Å²) in [6.07, 6.45) is 7.48. The van der Waals surface area contributed by atoms with Gasteiger partial charge < -0.3 is 5.32 Å². The lowest BCUT2D eigenvalue weighted by Gasteiger charge is -2.44. The maximum absolute atomic E-state index is 3.69. The number of hydrogen-bond acceptors (Lipinski definition) is 2. The van der Waals surface area contributed by atoms with E-state index in [9.17, 15) is 0 Å². The predicted octanol–water partition coefficient (Wildman–Crippen LogP) is 3.13. The molecule has 0 amide bonds. The van der Waals surface area contributed by atoms with Crippen LogP contribution in [0.1, 0.15) is 52.9 Å². The minimum atomic E-state index is 0.680. The molecule has 2 bridgehead atoms. The molecule has 0 aromatic rings. The summed E-state index contributed by atoms with van der Waals surface area (Å²) in [6, 6.07) is 1.46. The van der Waals surface area contributed by atoms with E-state index < -0.39 is 0 Å². The van der Waals surface area contributed by atoms with Gasteiger partial charge >= 0.3 is 0 Å². The van der Waals surface area contributed by atoms with Crippen molar-refractivity contribution in [3.63, 3.8) is 0 Å². The van der Waals surface area contributed by atoms with Crippen molar-refractivity contribution < 1.29 is 0 Å². The van der Waals surface area contributed by atoms with Gasteiger partial charge in [0.2, 0.25) is 0 Å². The molecule has 3 fully saturated rings. The van der Waals surface area contributed by atoms with Crippen LogP contribution in [0.3, 0.4) is 0 Å². The van der Waals surface area contributed by atoms with Gasteiger partial charge in [0.15, 0.2) is 0 Å². The Morgan fingerprint density at radius 2 is 2.11 bits per heavy atom. The number of nitrogens with one attached hydrogen (secondary N) is 1. The van der Waals surface area contributed by atoms with E-state index in [0.29, 0.717) is 6.04 Å². The first-order chi connectivity index (χ1) is 9.17. The van der Waals surface area contributed by atoms with E-state index in [1.807, 2.05) is 0 Å². The lowest BCUT2D eigenvalue weighted by Crippen LogP contribution is -2.58. The fraction of sp³-hybridized carbons (Fsp3) is 1.00. The molecule has 1 aliphatic heterocycles. The zero-order valence-electron chi connectivity index (χ0n) is 13.1. The van der Waals surface area contributed by atoms with Crippen LogP contribution in [0.5, 0.6) is 0 Å². The molecule has 2 aliphatic carbocycles. The quantitative estimate of drug-likeness (QED) is 0.839. The number of piperazine rings is 1. The third-order valence-electron chi connectivity index (χ3n) is 6.31. The minimum Gasteiger partial charge on any atom is -0.311 e. The highest BCUT2D eigenvalue weighted by Crippen LogP contribution is 2.48. The molecule has 19 heavy (non-hydrogen) atoms. The van der Waals surface area contributed by atoms with E-state index in [1.165, 1.54) is 45.3 Å². The monoisotopic (exact) mass is 264 g/mol. The summed E-state index contributed by atoms with van der Waals surface area (Å²) >= 11 is 0. The van der Waals surface area contributed by atoms with Crippen LogP contribution in [0.4, 0.5) is 0 Å². The second-order valence-corrected chi connectivity index (χ2v) is 7.65. The Bertz CT molecular complexity index is 304. The summed E-state index contributed by atoms with van der Waals surface area (Å²) in [4.78, 5) is 2.85. The molecule has 0 aromatic heterocycles. The maximum atomic E-state index is 3.69. The minimum absolute atomic E-state index is 0.680. The van der Waals surface area contributed by atoms with Gasteiger partial charge in [-0.3, -0.25) is 4.90 Å². The van der Waals surface area contributed by atoms with E-state index in [1.54, 1.807) is 6.42 Å². The van der Waals surface area contributed by atoms with E-state index in [0.717, 1.165) is 29.7 Å². The van der Waals surface area contributed by atoms with Gasteiger partial charge in [0.1, 0.15) is 0 Å². The van der Waals surface area contributed by atoms with Crippen molar-refractivity contribution in [2.24, 2.45) is 23.7 Å². The summed E-state index contributed by atoms with van der Waals surface area (Å²) in [5, 5.41) is 3.69. The highest BCUT2D eigenvalue weighted by molar-refractivity contribution is 4.94. The van der Waals surface area contributed by atoms with Gasteiger partial charge in [-0.05, 0) is 49.9 Å². The van der Waals surface area contributed by atoms with Crippen LogP contribution in [0.25, 0.3) is 0 Å². The van der Waals surface area contributed by atoms with Crippen molar-refractivity contribution >= 4 is 0 Å². The van der Waals surface area contributed by atoms with E-state index in [4.69, 9.17) is 0 Å². The zero-order valence-corrected chi connectivity index (χ0v) is 13.1. The van der Waals surface area contributed by atoms with Crippen LogP contribution in [0.2, 0.25) is 0 Å². The van der Waals surface area contributed by atoms with Crippen LogP contribution >= 0.6 is 0 Å². The topological polar surface area (TPSA) is 15.3 Å².